The predicted octanol–water partition coefficient (Wildman–Crippen LogP) is 0.0174. The Hall–Kier alpha value is -0.120. The van der Waals surface area contributed by atoms with Crippen LogP contribution < -0.4 is 11.1 Å². The van der Waals surface area contributed by atoms with Crippen molar-refractivity contribution in [2.75, 3.05) is 27.2 Å². The first kappa shape index (κ1) is 9.96. The Morgan fingerprint density at radius 3 is 2.67 bits per heavy atom. The average Bonchev–Trinajstić information content (AvgIpc) is 2.36. The number of nitrogens with zero attached hydrogens (tertiary/aromatic N) is 1. The maximum atomic E-state index is 5.92. The smallest absolute Gasteiger partial charge is 0.0219 e. The summed E-state index contributed by atoms with van der Waals surface area (Å²) in [5, 5.41) is 3.50. The summed E-state index contributed by atoms with van der Waals surface area (Å²) >= 11 is 0. The predicted molar refractivity (Wildman–Crippen MR) is 52.2 cm³/mol. The molecule has 3 N–H and O–H groups in total. The molecule has 12 heavy (non-hydrogen) atoms. The van der Waals surface area contributed by atoms with E-state index < -0.39 is 0 Å². The van der Waals surface area contributed by atoms with Crippen LogP contribution in [-0.4, -0.2) is 44.2 Å². The van der Waals surface area contributed by atoms with Gasteiger partial charge in [0.1, 0.15) is 0 Å². The number of hydrogen-bond acceptors (Lipinski definition) is 3. The Labute approximate surface area is 75.3 Å². The Balaban J connectivity index is 2.06. The molecule has 1 rings (SSSR count). The molecule has 2 atom stereocenters. The zero-order valence-electron chi connectivity index (χ0n) is 8.21. The molecule has 0 heterocycles. The van der Waals surface area contributed by atoms with Crippen molar-refractivity contribution in [1.82, 2.24) is 10.2 Å². The van der Waals surface area contributed by atoms with Crippen LogP contribution in [0.1, 0.15) is 19.3 Å². The molecule has 0 bridgehead atoms. The van der Waals surface area contributed by atoms with Crippen molar-refractivity contribution in [3.63, 3.8) is 0 Å². The lowest BCUT2D eigenvalue weighted by atomic mass is 10.2. The molecular formula is C9H21N3. The average molecular weight is 171 g/mol. The standard InChI is InChI=1S/C9H21N3/c1-12(2)7-6-11-9-5-3-4-8(9)10/h8-9,11H,3-7,10H2,1-2H3/t8-,9+/m0/s1. The molecule has 0 unspecified atom stereocenters. The van der Waals surface area contributed by atoms with E-state index in [0.29, 0.717) is 12.1 Å². The first-order chi connectivity index (χ1) is 5.70. The summed E-state index contributed by atoms with van der Waals surface area (Å²) in [6.07, 6.45) is 3.75. The highest BCUT2D eigenvalue weighted by Crippen LogP contribution is 2.16. The quantitative estimate of drug-likeness (QED) is 0.626. The molecule has 1 saturated carbocycles. The molecule has 3 nitrogen and oxygen atoms in total. The van der Waals surface area contributed by atoms with Crippen molar-refractivity contribution in [1.29, 1.82) is 0 Å². The number of hydrogen-bond donors (Lipinski definition) is 2. The molecule has 0 amide bonds. The van der Waals surface area contributed by atoms with Gasteiger partial charge in [0.2, 0.25) is 0 Å². The van der Waals surface area contributed by atoms with Crippen molar-refractivity contribution in [3.8, 4) is 0 Å². The van der Waals surface area contributed by atoms with Crippen LogP contribution in [0.2, 0.25) is 0 Å². The van der Waals surface area contributed by atoms with Gasteiger partial charge in [-0.2, -0.15) is 0 Å². The van der Waals surface area contributed by atoms with Gasteiger partial charge < -0.3 is 16.0 Å². The van der Waals surface area contributed by atoms with Crippen molar-refractivity contribution in [2.24, 2.45) is 5.73 Å². The fourth-order valence-corrected chi connectivity index (χ4v) is 1.72. The number of rotatable bonds is 4. The van der Waals surface area contributed by atoms with E-state index in [-0.39, 0.29) is 0 Å². The lowest BCUT2D eigenvalue weighted by Crippen LogP contribution is -2.43. The van der Waals surface area contributed by atoms with E-state index in [0.717, 1.165) is 13.1 Å². The summed E-state index contributed by atoms with van der Waals surface area (Å²) in [6, 6.07) is 0.970. The van der Waals surface area contributed by atoms with E-state index in [2.05, 4.69) is 24.3 Å². The molecule has 1 fully saturated rings. The maximum absolute atomic E-state index is 5.92. The van der Waals surface area contributed by atoms with Gasteiger partial charge >= 0.3 is 0 Å². The summed E-state index contributed by atoms with van der Waals surface area (Å²) in [5.74, 6) is 0. The third-order valence-electron chi connectivity index (χ3n) is 2.53. The zero-order chi connectivity index (χ0) is 8.97. The van der Waals surface area contributed by atoms with E-state index in [1.807, 2.05) is 0 Å². The topological polar surface area (TPSA) is 41.3 Å². The highest BCUT2D eigenvalue weighted by Gasteiger charge is 2.22. The van der Waals surface area contributed by atoms with Crippen LogP contribution >= 0.6 is 0 Å². The molecule has 1 aliphatic carbocycles. The van der Waals surface area contributed by atoms with E-state index in [9.17, 15) is 0 Å². The van der Waals surface area contributed by atoms with Gasteiger partial charge in [-0.1, -0.05) is 6.42 Å². The molecule has 72 valence electrons. The second-order valence-electron chi connectivity index (χ2n) is 3.96. The Morgan fingerprint density at radius 2 is 2.17 bits per heavy atom. The van der Waals surface area contributed by atoms with Crippen LogP contribution in [0.5, 0.6) is 0 Å². The maximum Gasteiger partial charge on any atom is 0.0219 e. The second kappa shape index (κ2) is 4.80. The van der Waals surface area contributed by atoms with Crippen LogP contribution in [0.4, 0.5) is 0 Å². The lowest BCUT2D eigenvalue weighted by molar-refractivity contribution is 0.375. The van der Waals surface area contributed by atoms with Crippen molar-refractivity contribution in [2.45, 2.75) is 31.3 Å². The minimum Gasteiger partial charge on any atom is -0.326 e. The first-order valence-electron chi connectivity index (χ1n) is 4.84. The highest BCUT2D eigenvalue weighted by atomic mass is 15.1. The van der Waals surface area contributed by atoms with E-state index in [4.69, 9.17) is 5.73 Å². The SMILES string of the molecule is CN(C)CCN[C@@H]1CCC[C@@H]1N. The van der Waals surface area contributed by atoms with Crippen LogP contribution in [0.3, 0.4) is 0 Å². The van der Waals surface area contributed by atoms with Crippen LogP contribution in [0.25, 0.3) is 0 Å². The van der Waals surface area contributed by atoms with Gasteiger partial charge in [0.25, 0.3) is 0 Å². The third kappa shape index (κ3) is 3.09. The Kier molecular flexibility index (Phi) is 3.98. The minimum atomic E-state index is 0.396. The lowest BCUT2D eigenvalue weighted by Gasteiger charge is -2.18. The Bertz CT molecular complexity index is 125. The van der Waals surface area contributed by atoms with Crippen molar-refractivity contribution >= 4 is 0 Å². The third-order valence-corrected chi connectivity index (χ3v) is 2.53. The van der Waals surface area contributed by atoms with Gasteiger partial charge in [-0.25, -0.2) is 0 Å². The van der Waals surface area contributed by atoms with E-state index >= 15 is 0 Å². The number of nitrogens with one attached hydrogen (secondary N) is 1. The largest absolute Gasteiger partial charge is 0.326 e. The van der Waals surface area contributed by atoms with Crippen LogP contribution in [0, 0.1) is 0 Å². The summed E-state index contributed by atoms with van der Waals surface area (Å²) in [6.45, 7) is 2.16. The molecule has 0 spiro atoms. The van der Waals surface area contributed by atoms with Gasteiger partial charge in [0, 0.05) is 25.2 Å². The van der Waals surface area contributed by atoms with Gasteiger partial charge in [-0.15, -0.1) is 0 Å². The van der Waals surface area contributed by atoms with Crippen molar-refractivity contribution < 1.29 is 0 Å². The molecule has 0 aromatic heterocycles. The van der Waals surface area contributed by atoms with Gasteiger partial charge in [-0.3, -0.25) is 0 Å². The first-order valence-corrected chi connectivity index (χ1v) is 4.84. The normalized spacial score (nSPS) is 30.0. The summed E-state index contributed by atoms with van der Waals surface area (Å²) in [7, 11) is 4.19. The molecule has 0 radical (unpaired) electrons. The van der Waals surface area contributed by atoms with E-state index in [1.54, 1.807) is 0 Å². The van der Waals surface area contributed by atoms with Crippen LogP contribution in [0.15, 0.2) is 0 Å². The van der Waals surface area contributed by atoms with E-state index in [1.165, 1.54) is 19.3 Å². The highest BCUT2D eigenvalue weighted by molar-refractivity contribution is 4.85. The molecule has 0 aliphatic heterocycles. The Morgan fingerprint density at radius 1 is 1.42 bits per heavy atom. The molecular weight excluding hydrogens is 150 g/mol. The number of likely N-dealkylation sites (N-methyl/N-ethyl adjacent to an activating group) is 1. The summed E-state index contributed by atoms with van der Waals surface area (Å²) < 4.78 is 0. The molecule has 3 heteroatoms. The second-order valence-corrected chi connectivity index (χ2v) is 3.96. The zero-order valence-corrected chi connectivity index (χ0v) is 8.21. The van der Waals surface area contributed by atoms with Gasteiger partial charge in [0.15, 0.2) is 0 Å². The van der Waals surface area contributed by atoms with Crippen LogP contribution in [-0.2, 0) is 0 Å². The molecule has 0 aromatic rings. The fourth-order valence-electron chi connectivity index (χ4n) is 1.72. The molecule has 0 saturated heterocycles. The van der Waals surface area contributed by atoms with Crippen molar-refractivity contribution in [3.05, 3.63) is 0 Å². The molecule has 0 aromatic carbocycles. The summed E-state index contributed by atoms with van der Waals surface area (Å²) in [4.78, 5) is 2.19. The monoisotopic (exact) mass is 171 g/mol. The van der Waals surface area contributed by atoms with Gasteiger partial charge in [-0.05, 0) is 26.9 Å². The van der Waals surface area contributed by atoms with Gasteiger partial charge in [0.05, 0.1) is 0 Å². The minimum absolute atomic E-state index is 0.396. The molecule has 1 aliphatic rings. The fraction of sp³-hybridized carbons (Fsp3) is 1.00. The summed E-state index contributed by atoms with van der Waals surface area (Å²) in [5.41, 5.74) is 5.92. The number of nitrogens with two attached hydrogens (primary N) is 1.